The summed E-state index contributed by atoms with van der Waals surface area (Å²) >= 11 is 0. The highest BCUT2D eigenvalue weighted by Gasteiger charge is 2.09. The lowest BCUT2D eigenvalue weighted by Gasteiger charge is -2.16. The van der Waals surface area contributed by atoms with E-state index in [-0.39, 0.29) is 12.6 Å². The summed E-state index contributed by atoms with van der Waals surface area (Å²) in [7, 11) is 3.17. The molecule has 1 aromatic rings. The van der Waals surface area contributed by atoms with E-state index in [1.165, 1.54) is 0 Å². The Bertz CT molecular complexity index is 415. The lowest BCUT2D eigenvalue weighted by Crippen LogP contribution is -2.36. The second-order valence-electron chi connectivity index (χ2n) is 3.85. The summed E-state index contributed by atoms with van der Waals surface area (Å²) in [5.74, 6) is 0.718. The molecule has 0 aromatic heterocycles. The Labute approximate surface area is 107 Å². The summed E-state index contributed by atoms with van der Waals surface area (Å²) in [6.07, 6.45) is 0. The third-order valence-electron chi connectivity index (χ3n) is 2.58. The van der Waals surface area contributed by atoms with Gasteiger partial charge in [0.2, 0.25) is 0 Å². The topological polar surface area (TPSA) is 74.5 Å². The molecule has 0 heterocycles. The Kier molecular flexibility index (Phi) is 6.15. The van der Waals surface area contributed by atoms with Crippen LogP contribution in [0, 0.1) is 11.3 Å². The van der Waals surface area contributed by atoms with E-state index in [4.69, 9.17) is 19.8 Å². The van der Waals surface area contributed by atoms with Gasteiger partial charge in [-0.15, -0.1) is 0 Å². The number of methoxy groups -OCH3 is 2. The number of hydrogen-bond acceptors (Lipinski definition) is 5. The molecule has 0 aliphatic rings. The van der Waals surface area contributed by atoms with Crippen molar-refractivity contribution in [2.75, 3.05) is 27.4 Å². The van der Waals surface area contributed by atoms with Gasteiger partial charge in [0.05, 0.1) is 38.0 Å². The van der Waals surface area contributed by atoms with Crippen molar-refractivity contribution in [3.8, 4) is 11.8 Å². The first-order valence-corrected chi connectivity index (χ1v) is 5.65. The summed E-state index contributed by atoms with van der Waals surface area (Å²) in [6, 6.07) is 7.20. The maximum absolute atomic E-state index is 9.14. The molecule has 0 radical (unpaired) electrons. The van der Waals surface area contributed by atoms with Gasteiger partial charge in [-0.3, -0.25) is 0 Å². The predicted octanol–water partition coefficient (Wildman–Crippen LogP) is 0.664. The molecular formula is C13H18N2O3. The van der Waals surface area contributed by atoms with E-state index < -0.39 is 0 Å². The number of benzene rings is 1. The van der Waals surface area contributed by atoms with Crippen LogP contribution in [-0.2, 0) is 11.3 Å². The third kappa shape index (κ3) is 4.00. The number of rotatable bonds is 7. The van der Waals surface area contributed by atoms with Crippen LogP contribution in [0.3, 0.4) is 0 Å². The normalized spacial score (nSPS) is 11.9. The molecule has 1 rings (SSSR count). The molecule has 0 saturated heterocycles. The first-order valence-electron chi connectivity index (χ1n) is 5.65. The van der Waals surface area contributed by atoms with Gasteiger partial charge in [-0.05, 0) is 18.2 Å². The van der Waals surface area contributed by atoms with E-state index >= 15 is 0 Å². The zero-order chi connectivity index (χ0) is 13.4. The van der Waals surface area contributed by atoms with Crippen LogP contribution in [0.25, 0.3) is 0 Å². The standard InChI is InChI=1S/C13H18N2O3/c1-17-9-12(8-16)15-7-11-5-10(6-14)3-4-13(11)18-2/h3-5,12,15-16H,7-9H2,1-2H3. The predicted molar refractivity (Wildman–Crippen MR) is 67.3 cm³/mol. The molecule has 0 fully saturated rings. The highest BCUT2D eigenvalue weighted by Crippen LogP contribution is 2.19. The number of nitrogens with zero attached hydrogens (tertiary/aromatic N) is 1. The Morgan fingerprint density at radius 2 is 2.22 bits per heavy atom. The smallest absolute Gasteiger partial charge is 0.123 e. The zero-order valence-electron chi connectivity index (χ0n) is 10.6. The monoisotopic (exact) mass is 250 g/mol. The SMILES string of the molecule is COCC(CO)NCc1cc(C#N)ccc1OC. The summed E-state index contributed by atoms with van der Waals surface area (Å²) in [6.45, 7) is 0.929. The van der Waals surface area contributed by atoms with E-state index in [1.54, 1.807) is 32.4 Å². The Morgan fingerprint density at radius 3 is 2.78 bits per heavy atom. The molecular weight excluding hydrogens is 232 g/mol. The first kappa shape index (κ1) is 14.5. The fourth-order valence-corrected chi connectivity index (χ4v) is 1.62. The molecule has 1 unspecified atom stereocenters. The summed E-state index contributed by atoms with van der Waals surface area (Å²) in [4.78, 5) is 0. The van der Waals surface area contributed by atoms with E-state index in [9.17, 15) is 0 Å². The van der Waals surface area contributed by atoms with Crippen LogP contribution in [0.1, 0.15) is 11.1 Å². The number of nitrogens with one attached hydrogen (secondary N) is 1. The van der Waals surface area contributed by atoms with Crippen LogP contribution in [-0.4, -0.2) is 38.6 Å². The quantitative estimate of drug-likeness (QED) is 0.743. The van der Waals surface area contributed by atoms with Crippen LogP contribution < -0.4 is 10.1 Å². The molecule has 1 atom stereocenters. The molecule has 18 heavy (non-hydrogen) atoms. The van der Waals surface area contributed by atoms with Crippen molar-refractivity contribution >= 4 is 0 Å². The van der Waals surface area contributed by atoms with Gasteiger partial charge in [-0.2, -0.15) is 5.26 Å². The molecule has 5 nitrogen and oxygen atoms in total. The van der Waals surface area contributed by atoms with E-state index in [1.807, 2.05) is 0 Å². The number of nitriles is 1. The second kappa shape index (κ2) is 7.67. The van der Waals surface area contributed by atoms with Crippen molar-refractivity contribution in [1.29, 1.82) is 5.26 Å². The molecule has 0 amide bonds. The van der Waals surface area contributed by atoms with Crippen LogP contribution >= 0.6 is 0 Å². The number of aliphatic hydroxyl groups excluding tert-OH is 1. The van der Waals surface area contributed by atoms with Gasteiger partial charge in [0.1, 0.15) is 5.75 Å². The maximum atomic E-state index is 9.14. The van der Waals surface area contributed by atoms with E-state index in [0.717, 1.165) is 11.3 Å². The minimum absolute atomic E-state index is 0.00586. The van der Waals surface area contributed by atoms with Gasteiger partial charge in [-0.1, -0.05) is 0 Å². The summed E-state index contributed by atoms with van der Waals surface area (Å²) in [5.41, 5.74) is 1.46. The first-order chi connectivity index (χ1) is 8.74. The Balaban J connectivity index is 2.73. The van der Waals surface area contributed by atoms with Gasteiger partial charge < -0.3 is 19.9 Å². The maximum Gasteiger partial charge on any atom is 0.123 e. The van der Waals surface area contributed by atoms with Crippen molar-refractivity contribution in [2.45, 2.75) is 12.6 Å². The fourth-order valence-electron chi connectivity index (χ4n) is 1.62. The molecule has 2 N–H and O–H groups in total. The highest BCUT2D eigenvalue weighted by atomic mass is 16.5. The number of aliphatic hydroxyl groups is 1. The van der Waals surface area contributed by atoms with Gasteiger partial charge in [0.15, 0.2) is 0 Å². The molecule has 0 aliphatic carbocycles. The number of hydrogen-bond donors (Lipinski definition) is 2. The van der Waals surface area contributed by atoms with Crippen molar-refractivity contribution in [3.63, 3.8) is 0 Å². The fraction of sp³-hybridized carbons (Fsp3) is 0.462. The average molecular weight is 250 g/mol. The molecule has 1 aromatic carbocycles. The lowest BCUT2D eigenvalue weighted by atomic mass is 10.1. The zero-order valence-corrected chi connectivity index (χ0v) is 10.6. The largest absolute Gasteiger partial charge is 0.496 e. The highest BCUT2D eigenvalue weighted by molar-refractivity contribution is 5.42. The van der Waals surface area contributed by atoms with E-state index in [0.29, 0.717) is 18.7 Å². The minimum atomic E-state index is -0.134. The molecule has 5 heteroatoms. The molecule has 0 bridgehead atoms. The van der Waals surface area contributed by atoms with Crippen molar-refractivity contribution < 1.29 is 14.6 Å². The Hall–Kier alpha value is -1.61. The molecule has 0 spiro atoms. The molecule has 98 valence electrons. The summed E-state index contributed by atoms with van der Waals surface area (Å²) in [5, 5.41) is 21.1. The summed E-state index contributed by atoms with van der Waals surface area (Å²) < 4.78 is 10.2. The average Bonchev–Trinajstić information content (AvgIpc) is 2.43. The van der Waals surface area contributed by atoms with Crippen LogP contribution in [0.4, 0.5) is 0 Å². The van der Waals surface area contributed by atoms with Crippen molar-refractivity contribution in [1.82, 2.24) is 5.32 Å². The lowest BCUT2D eigenvalue weighted by molar-refractivity contribution is 0.128. The van der Waals surface area contributed by atoms with E-state index in [2.05, 4.69) is 11.4 Å². The minimum Gasteiger partial charge on any atom is -0.496 e. The van der Waals surface area contributed by atoms with Gasteiger partial charge in [0.25, 0.3) is 0 Å². The van der Waals surface area contributed by atoms with Crippen molar-refractivity contribution in [2.24, 2.45) is 0 Å². The van der Waals surface area contributed by atoms with Crippen LogP contribution in [0.15, 0.2) is 18.2 Å². The third-order valence-corrected chi connectivity index (χ3v) is 2.58. The van der Waals surface area contributed by atoms with Gasteiger partial charge >= 0.3 is 0 Å². The molecule has 0 saturated carbocycles. The Morgan fingerprint density at radius 1 is 1.44 bits per heavy atom. The van der Waals surface area contributed by atoms with Crippen LogP contribution in [0.5, 0.6) is 5.75 Å². The van der Waals surface area contributed by atoms with Gasteiger partial charge in [0, 0.05) is 19.2 Å². The van der Waals surface area contributed by atoms with Crippen LogP contribution in [0.2, 0.25) is 0 Å². The number of ether oxygens (including phenoxy) is 2. The van der Waals surface area contributed by atoms with Crippen molar-refractivity contribution in [3.05, 3.63) is 29.3 Å². The second-order valence-corrected chi connectivity index (χ2v) is 3.85. The van der Waals surface area contributed by atoms with Gasteiger partial charge in [-0.25, -0.2) is 0 Å². The molecule has 0 aliphatic heterocycles.